The lowest BCUT2D eigenvalue weighted by molar-refractivity contribution is -0.384. The van der Waals surface area contributed by atoms with E-state index >= 15 is 0 Å². The van der Waals surface area contributed by atoms with E-state index in [4.69, 9.17) is 4.74 Å². The van der Waals surface area contributed by atoms with Crippen molar-refractivity contribution in [1.29, 1.82) is 0 Å². The maximum atomic E-state index is 12.3. The van der Waals surface area contributed by atoms with Crippen LogP contribution in [0, 0.1) is 10.1 Å². The summed E-state index contributed by atoms with van der Waals surface area (Å²) in [7, 11) is 0. The topological polar surface area (TPSA) is 81.5 Å². The van der Waals surface area contributed by atoms with E-state index in [1.54, 1.807) is 6.07 Å². The molecule has 2 aromatic carbocycles. The number of ether oxygens (including phenoxy) is 1. The van der Waals surface area contributed by atoms with Gasteiger partial charge >= 0.3 is 0 Å². The van der Waals surface area contributed by atoms with E-state index in [1.165, 1.54) is 23.8 Å². The second-order valence-corrected chi connectivity index (χ2v) is 5.93. The van der Waals surface area contributed by atoms with Crippen LogP contribution in [0.5, 0.6) is 5.75 Å². The fourth-order valence-corrected chi connectivity index (χ4v) is 2.84. The van der Waals surface area contributed by atoms with Gasteiger partial charge in [0.05, 0.1) is 11.5 Å². The van der Waals surface area contributed by atoms with Gasteiger partial charge in [0.1, 0.15) is 5.75 Å². The average Bonchev–Trinajstić information content (AvgIpc) is 3.02. The largest absolute Gasteiger partial charge is 0.493 e. The molecule has 124 valence electrons. The van der Waals surface area contributed by atoms with Gasteiger partial charge in [-0.3, -0.25) is 14.9 Å². The minimum atomic E-state index is -0.507. The Morgan fingerprint density at radius 2 is 2.17 bits per heavy atom. The highest BCUT2D eigenvalue weighted by atomic mass is 16.6. The number of fused-ring (bicyclic) bond motifs is 1. The van der Waals surface area contributed by atoms with E-state index in [2.05, 4.69) is 11.4 Å². The maximum Gasteiger partial charge on any atom is 0.270 e. The first-order chi connectivity index (χ1) is 11.5. The molecule has 1 heterocycles. The Balaban J connectivity index is 1.64. The number of carbonyl (C=O) groups excluding carboxylic acids is 1. The van der Waals surface area contributed by atoms with Crippen LogP contribution >= 0.6 is 0 Å². The molecular weight excluding hydrogens is 308 g/mol. The first-order valence-corrected chi connectivity index (χ1v) is 7.83. The molecule has 1 aliphatic rings. The van der Waals surface area contributed by atoms with Crippen LogP contribution in [0.2, 0.25) is 0 Å². The maximum absolute atomic E-state index is 12.3. The molecule has 6 nitrogen and oxygen atoms in total. The minimum Gasteiger partial charge on any atom is -0.493 e. The third-order valence-electron chi connectivity index (χ3n) is 3.99. The molecule has 0 radical (unpaired) electrons. The highest BCUT2D eigenvalue weighted by Gasteiger charge is 2.16. The molecule has 0 spiro atoms. The number of carbonyl (C=O) groups is 1. The lowest BCUT2D eigenvalue weighted by atomic mass is 10.0. The van der Waals surface area contributed by atoms with Crippen molar-refractivity contribution in [2.24, 2.45) is 0 Å². The standard InChI is InChI=1S/C18H18N2O4/c1-12(9-13-5-6-17-14(10-13)7-8-24-17)19-18(21)15-3-2-4-16(11-15)20(22)23/h2-6,10-12H,7-9H2,1H3,(H,19,21). The quantitative estimate of drug-likeness (QED) is 0.676. The highest BCUT2D eigenvalue weighted by molar-refractivity contribution is 5.95. The summed E-state index contributed by atoms with van der Waals surface area (Å²) in [5.74, 6) is 0.628. The number of non-ortho nitro benzene ring substituents is 1. The van der Waals surface area contributed by atoms with Gasteiger partial charge in [-0.05, 0) is 36.6 Å². The monoisotopic (exact) mass is 326 g/mol. The number of hydrogen-bond donors (Lipinski definition) is 1. The van der Waals surface area contributed by atoms with Crippen molar-refractivity contribution in [2.75, 3.05) is 6.61 Å². The van der Waals surface area contributed by atoms with Gasteiger partial charge in [-0.2, -0.15) is 0 Å². The summed E-state index contributed by atoms with van der Waals surface area (Å²) in [6.07, 6.45) is 1.60. The van der Waals surface area contributed by atoms with Gasteiger partial charge in [-0.1, -0.05) is 18.2 Å². The predicted octanol–water partition coefficient (Wildman–Crippen LogP) is 2.89. The Kier molecular flexibility index (Phi) is 4.46. The zero-order chi connectivity index (χ0) is 17.1. The van der Waals surface area contributed by atoms with Crippen LogP contribution in [-0.4, -0.2) is 23.5 Å². The van der Waals surface area contributed by atoms with Crippen LogP contribution in [0.3, 0.4) is 0 Å². The molecule has 1 aliphatic heterocycles. The van der Waals surface area contributed by atoms with Crippen LogP contribution < -0.4 is 10.1 Å². The molecule has 0 saturated heterocycles. The Hall–Kier alpha value is -2.89. The van der Waals surface area contributed by atoms with Crippen molar-refractivity contribution >= 4 is 11.6 Å². The van der Waals surface area contributed by atoms with E-state index in [1.807, 2.05) is 19.1 Å². The smallest absolute Gasteiger partial charge is 0.270 e. The predicted molar refractivity (Wildman–Crippen MR) is 89.4 cm³/mol. The Morgan fingerprint density at radius 3 is 2.96 bits per heavy atom. The van der Waals surface area contributed by atoms with Gasteiger partial charge in [-0.15, -0.1) is 0 Å². The van der Waals surface area contributed by atoms with Crippen LogP contribution in [0.4, 0.5) is 5.69 Å². The first-order valence-electron chi connectivity index (χ1n) is 7.83. The van der Waals surface area contributed by atoms with Gasteiger partial charge < -0.3 is 10.1 Å². The van der Waals surface area contributed by atoms with Crippen molar-refractivity contribution in [3.8, 4) is 5.75 Å². The fraction of sp³-hybridized carbons (Fsp3) is 0.278. The van der Waals surface area contributed by atoms with Crippen molar-refractivity contribution < 1.29 is 14.5 Å². The van der Waals surface area contributed by atoms with Crippen molar-refractivity contribution in [3.05, 3.63) is 69.3 Å². The molecule has 24 heavy (non-hydrogen) atoms. The van der Waals surface area contributed by atoms with E-state index in [-0.39, 0.29) is 17.6 Å². The second kappa shape index (κ2) is 6.70. The van der Waals surface area contributed by atoms with Crippen molar-refractivity contribution in [2.45, 2.75) is 25.8 Å². The number of nitro benzene ring substituents is 1. The van der Waals surface area contributed by atoms with Crippen LogP contribution in [0.1, 0.15) is 28.4 Å². The molecule has 0 aromatic heterocycles. The van der Waals surface area contributed by atoms with Crippen LogP contribution in [0.25, 0.3) is 0 Å². The molecule has 0 aliphatic carbocycles. The summed E-state index contributed by atoms with van der Waals surface area (Å²) in [4.78, 5) is 22.5. The summed E-state index contributed by atoms with van der Waals surface area (Å²) < 4.78 is 5.49. The fourth-order valence-electron chi connectivity index (χ4n) is 2.84. The number of hydrogen-bond acceptors (Lipinski definition) is 4. The molecule has 1 amide bonds. The Bertz CT molecular complexity index is 788. The molecule has 2 aromatic rings. The molecule has 1 unspecified atom stereocenters. The van der Waals surface area contributed by atoms with E-state index in [0.29, 0.717) is 12.0 Å². The first kappa shape index (κ1) is 16.0. The molecule has 1 atom stereocenters. The van der Waals surface area contributed by atoms with Gasteiger partial charge in [-0.25, -0.2) is 0 Å². The zero-order valence-electron chi connectivity index (χ0n) is 13.3. The summed E-state index contributed by atoms with van der Waals surface area (Å²) in [5, 5.41) is 13.7. The Labute approximate surface area is 139 Å². The van der Waals surface area contributed by atoms with E-state index in [9.17, 15) is 14.9 Å². The van der Waals surface area contributed by atoms with Gasteiger partial charge in [0.15, 0.2) is 0 Å². The normalized spacial score (nSPS) is 13.7. The summed E-state index contributed by atoms with van der Waals surface area (Å²) >= 11 is 0. The number of nitrogens with zero attached hydrogens (tertiary/aromatic N) is 1. The van der Waals surface area contributed by atoms with E-state index in [0.717, 1.165) is 24.3 Å². The zero-order valence-corrected chi connectivity index (χ0v) is 13.3. The van der Waals surface area contributed by atoms with Gasteiger partial charge in [0.25, 0.3) is 11.6 Å². The lowest BCUT2D eigenvalue weighted by Gasteiger charge is -2.14. The van der Waals surface area contributed by atoms with Crippen molar-refractivity contribution in [3.63, 3.8) is 0 Å². The molecule has 1 N–H and O–H groups in total. The number of rotatable bonds is 5. The molecule has 0 fully saturated rings. The highest BCUT2D eigenvalue weighted by Crippen LogP contribution is 2.26. The van der Waals surface area contributed by atoms with Gasteiger partial charge in [0, 0.05) is 30.2 Å². The molecule has 0 saturated carbocycles. The van der Waals surface area contributed by atoms with Crippen LogP contribution in [-0.2, 0) is 12.8 Å². The minimum absolute atomic E-state index is 0.0860. The van der Waals surface area contributed by atoms with Crippen LogP contribution in [0.15, 0.2) is 42.5 Å². The van der Waals surface area contributed by atoms with Crippen molar-refractivity contribution in [1.82, 2.24) is 5.32 Å². The summed E-state index contributed by atoms with van der Waals surface area (Å²) in [6.45, 7) is 2.64. The molecule has 0 bridgehead atoms. The SMILES string of the molecule is CC(Cc1ccc2c(c1)CCO2)NC(=O)c1cccc([N+](=O)[O-])c1. The molecule has 6 heteroatoms. The Morgan fingerprint density at radius 1 is 1.33 bits per heavy atom. The molecule has 3 rings (SSSR count). The van der Waals surface area contributed by atoms with Gasteiger partial charge in [0.2, 0.25) is 0 Å². The third-order valence-corrected chi connectivity index (χ3v) is 3.99. The summed E-state index contributed by atoms with van der Waals surface area (Å²) in [6, 6.07) is 11.7. The number of nitrogens with one attached hydrogen (secondary N) is 1. The lowest BCUT2D eigenvalue weighted by Crippen LogP contribution is -2.34. The average molecular weight is 326 g/mol. The van der Waals surface area contributed by atoms with E-state index < -0.39 is 4.92 Å². The molecular formula is C18H18N2O4. The summed E-state index contributed by atoms with van der Waals surface area (Å²) in [5.41, 5.74) is 2.53. The third kappa shape index (κ3) is 3.53. The second-order valence-electron chi connectivity index (χ2n) is 5.93. The number of amides is 1. The number of nitro groups is 1. The number of benzene rings is 2.